The van der Waals surface area contributed by atoms with E-state index in [1.54, 1.807) is 18.2 Å². The molecule has 0 saturated carbocycles. The molecule has 0 aliphatic heterocycles. The molecular weight excluding hydrogens is 369 g/mol. The fourth-order valence-electron chi connectivity index (χ4n) is 3.84. The standard InChI is InChI=1S/C26H29F3/c1-3-5-7-9-18-11-13-19(14-12-18)22-16-15-20-17-21(10-8-6-4-2)24(27)26(29)23(20)25(22)28/h11-17H,3-10H2,1-2H3. The number of unbranched alkanes of at least 4 members (excludes halogenated alkanes) is 4. The van der Waals surface area contributed by atoms with Gasteiger partial charge in [-0.15, -0.1) is 0 Å². The minimum Gasteiger partial charge on any atom is -0.206 e. The Labute approximate surface area is 171 Å². The normalized spacial score (nSPS) is 11.3. The summed E-state index contributed by atoms with van der Waals surface area (Å²) in [4.78, 5) is 0. The van der Waals surface area contributed by atoms with Crippen molar-refractivity contribution in [3.63, 3.8) is 0 Å². The molecule has 0 aromatic heterocycles. The van der Waals surface area contributed by atoms with Crippen molar-refractivity contribution in [3.05, 3.63) is 71.0 Å². The maximum atomic E-state index is 15.2. The molecule has 154 valence electrons. The van der Waals surface area contributed by atoms with Crippen LogP contribution in [0, 0.1) is 17.5 Å². The van der Waals surface area contributed by atoms with Crippen LogP contribution in [-0.2, 0) is 12.8 Å². The van der Waals surface area contributed by atoms with Crippen molar-refractivity contribution in [2.45, 2.75) is 65.2 Å². The summed E-state index contributed by atoms with van der Waals surface area (Å²) in [5.74, 6) is -2.70. The number of aryl methyl sites for hydroxylation is 2. The average Bonchev–Trinajstić information content (AvgIpc) is 2.72. The molecule has 0 aliphatic carbocycles. The summed E-state index contributed by atoms with van der Waals surface area (Å²) < 4.78 is 44.5. The van der Waals surface area contributed by atoms with Crippen LogP contribution >= 0.6 is 0 Å². The molecule has 0 spiro atoms. The Morgan fingerprint density at radius 2 is 1.31 bits per heavy atom. The van der Waals surface area contributed by atoms with E-state index in [9.17, 15) is 8.78 Å². The molecule has 0 heterocycles. The molecule has 3 aromatic carbocycles. The molecule has 0 atom stereocenters. The highest BCUT2D eigenvalue weighted by Gasteiger charge is 2.19. The van der Waals surface area contributed by atoms with Crippen molar-refractivity contribution in [2.75, 3.05) is 0 Å². The predicted octanol–water partition coefficient (Wildman–Crippen LogP) is 8.39. The van der Waals surface area contributed by atoms with E-state index in [4.69, 9.17) is 0 Å². The first-order chi connectivity index (χ1) is 14.1. The zero-order valence-electron chi connectivity index (χ0n) is 17.3. The van der Waals surface area contributed by atoms with Gasteiger partial charge in [0.25, 0.3) is 0 Å². The van der Waals surface area contributed by atoms with Crippen LogP contribution in [0.25, 0.3) is 21.9 Å². The molecule has 0 N–H and O–H groups in total. The first-order valence-electron chi connectivity index (χ1n) is 10.7. The Morgan fingerprint density at radius 3 is 1.97 bits per heavy atom. The molecule has 0 nitrogen and oxygen atoms in total. The molecule has 0 fully saturated rings. The third kappa shape index (κ3) is 4.83. The smallest absolute Gasteiger partial charge is 0.169 e. The summed E-state index contributed by atoms with van der Waals surface area (Å²) in [7, 11) is 0. The average molecular weight is 399 g/mol. The summed E-state index contributed by atoms with van der Waals surface area (Å²) in [5.41, 5.74) is 2.51. The van der Waals surface area contributed by atoms with E-state index in [-0.39, 0.29) is 5.39 Å². The molecule has 0 radical (unpaired) electrons. The Morgan fingerprint density at radius 1 is 0.655 bits per heavy atom. The summed E-state index contributed by atoms with van der Waals surface area (Å²) in [6.45, 7) is 4.23. The zero-order valence-corrected chi connectivity index (χ0v) is 17.3. The van der Waals surface area contributed by atoms with Gasteiger partial charge in [-0.3, -0.25) is 0 Å². The number of rotatable bonds is 9. The number of halogens is 3. The van der Waals surface area contributed by atoms with Gasteiger partial charge in [-0.25, -0.2) is 13.2 Å². The quantitative estimate of drug-likeness (QED) is 0.317. The second kappa shape index (κ2) is 9.96. The van der Waals surface area contributed by atoms with Gasteiger partial charge in [0.15, 0.2) is 11.6 Å². The van der Waals surface area contributed by atoms with Crippen LogP contribution in [0.5, 0.6) is 0 Å². The van der Waals surface area contributed by atoms with Crippen molar-refractivity contribution in [3.8, 4) is 11.1 Å². The first-order valence-corrected chi connectivity index (χ1v) is 10.7. The molecule has 0 aliphatic rings. The van der Waals surface area contributed by atoms with E-state index < -0.39 is 17.5 Å². The van der Waals surface area contributed by atoms with Crippen molar-refractivity contribution >= 4 is 10.8 Å². The fraction of sp³-hybridized carbons (Fsp3) is 0.385. The Balaban J connectivity index is 1.93. The molecule has 3 aromatic rings. The van der Waals surface area contributed by atoms with E-state index in [2.05, 4.69) is 13.8 Å². The van der Waals surface area contributed by atoms with Gasteiger partial charge < -0.3 is 0 Å². The topological polar surface area (TPSA) is 0 Å². The van der Waals surface area contributed by atoms with E-state index in [1.807, 2.05) is 24.3 Å². The summed E-state index contributed by atoms with van der Waals surface area (Å²) >= 11 is 0. The van der Waals surface area contributed by atoms with Crippen LogP contribution in [0.2, 0.25) is 0 Å². The van der Waals surface area contributed by atoms with Crippen LogP contribution in [-0.4, -0.2) is 0 Å². The Hall–Kier alpha value is -2.29. The molecule has 3 rings (SSSR count). The van der Waals surface area contributed by atoms with Gasteiger partial charge in [-0.1, -0.05) is 75.9 Å². The number of hydrogen-bond acceptors (Lipinski definition) is 0. The summed E-state index contributed by atoms with van der Waals surface area (Å²) in [6.07, 6.45) is 7.71. The van der Waals surface area contributed by atoms with Gasteiger partial charge in [0.2, 0.25) is 0 Å². The van der Waals surface area contributed by atoms with Crippen molar-refractivity contribution < 1.29 is 13.2 Å². The minimum atomic E-state index is -1.08. The summed E-state index contributed by atoms with van der Waals surface area (Å²) in [6, 6.07) is 12.6. The maximum Gasteiger partial charge on any atom is 0.169 e. The van der Waals surface area contributed by atoms with Gasteiger partial charge in [-0.2, -0.15) is 0 Å². The number of benzene rings is 3. The van der Waals surface area contributed by atoms with Crippen molar-refractivity contribution in [1.29, 1.82) is 0 Å². The van der Waals surface area contributed by atoms with Crippen LogP contribution in [0.15, 0.2) is 42.5 Å². The molecule has 0 bridgehead atoms. The van der Waals surface area contributed by atoms with Crippen molar-refractivity contribution in [1.82, 2.24) is 0 Å². The molecule has 0 amide bonds. The van der Waals surface area contributed by atoms with Crippen LogP contribution < -0.4 is 0 Å². The van der Waals surface area contributed by atoms with Crippen LogP contribution in [0.1, 0.15) is 63.5 Å². The zero-order chi connectivity index (χ0) is 20.8. The largest absolute Gasteiger partial charge is 0.206 e. The Bertz CT molecular complexity index is 958. The lowest BCUT2D eigenvalue weighted by molar-refractivity contribution is 0.500. The molecule has 29 heavy (non-hydrogen) atoms. The van der Waals surface area contributed by atoms with E-state index in [1.165, 1.54) is 18.4 Å². The SMILES string of the molecule is CCCCCc1ccc(-c2ccc3cc(CCCCC)c(F)c(F)c3c2F)cc1. The predicted molar refractivity (Wildman–Crippen MR) is 116 cm³/mol. The van der Waals surface area contributed by atoms with Crippen LogP contribution in [0.3, 0.4) is 0 Å². The molecule has 0 saturated heterocycles. The molecular formula is C26H29F3. The monoisotopic (exact) mass is 398 g/mol. The number of fused-ring (bicyclic) bond motifs is 1. The lowest BCUT2D eigenvalue weighted by atomic mass is 9.95. The Kier molecular flexibility index (Phi) is 7.35. The summed E-state index contributed by atoms with van der Waals surface area (Å²) in [5, 5.41) is 0.152. The molecule has 3 heteroatoms. The molecule has 0 unspecified atom stereocenters. The third-order valence-corrected chi connectivity index (χ3v) is 5.58. The first kappa shape index (κ1) is 21.4. The fourth-order valence-corrected chi connectivity index (χ4v) is 3.84. The van der Waals surface area contributed by atoms with Gasteiger partial charge in [0, 0.05) is 5.56 Å². The lowest BCUT2D eigenvalue weighted by Crippen LogP contribution is -1.99. The van der Waals surface area contributed by atoms with Gasteiger partial charge in [-0.05, 0) is 53.8 Å². The second-order valence-corrected chi connectivity index (χ2v) is 7.80. The highest BCUT2D eigenvalue weighted by molar-refractivity contribution is 5.89. The highest BCUT2D eigenvalue weighted by atomic mass is 19.2. The van der Waals surface area contributed by atoms with Gasteiger partial charge >= 0.3 is 0 Å². The highest BCUT2D eigenvalue weighted by Crippen LogP contribution is 2.33. The second-order valence-electron chi connectivity index (χ2n) is 7.80. The maximum absolute atomic E-state index is 15.2. The van der Waals surface area contributed by atoms with E-state index >= 15 is 4.39 Å². The van der Waals surface area contributed by atoms with E-state index in [0.717, 1.165) is 32.1 Å². The minimum absolute atomic E-state index is 0.258. The number of hydrogen-bond donors (Lipinski definition) is 0. The van der Waals surface area contributed by atoms with E-state index in [0.29, 0.717) is 28.5 Å². The van der Waals surface area contributed by atoms with Crippen molar-refractivity contribution in [2.24, 2.45) is 0 Å². The lowest BCUT2D eigenvalue weighted by Gasteiger charge is -2.12. The van der Waals surface area contributed by atoms with Gasteiger partial charge in [0.1, 0.15) is 5.82 Å². The van der Waals surface area contributed by atoms with Crippen LogP contribution in [0.4, 0.5) is 13.2 Å². The van der Waals surface area contributed by atoms with Gasteiger partial charge in [0.05, 0.1) is 5.39 Å². The third-order valence-electron chi connectivity index (χ3n) is 5.58.